The van der Waals surface area contributed by atoms with E-state index in [0.29, 0.717) is 13.0 Å². The number of carbonyl (C=O) groups is 2. The maximum atomic E-state index is 11.5. The van der Waals surface area contributed by atoms with Crippen molar-refractivity contribution in [1.29, 1.82) is 0 Å². The number of aliphatic hydroxyl groups excluding tert-OH is 1. The molecule has 1 atom stereocenters. The Labute approximate surface area is 94.2 Å². The van der Waals surface area contributed by atoms with Gasteiger partial charge in [-0.3, -0.25) is 0 Å². The van der Waals surface area contributed by atoms with Gasteiger partial charge in [-0.05, 0) is 6.42 Å². The third-order valence-corrected chi connectivity index (χ3v) is 1.84. The van der Waals surface area contributed by atoms with Gasteiger partial charge in [-0.1, -0.05) is 12.8 Å². The molecule has 90 valence electrons. The first-order valence-corrected chi connectivity index (χ1v) is 4.89. The summed E-state index contributed by atoms with van der Waals surface area (Å²) in [5.74, 6) is 1.02. The van der Waals surface area contributed by atoms with Gasteiger partial charge < -0.3 is 20.4 Å². The van der Waals surface area contributed by atoms with Crippen LogP contribution in [0.1, 0.15) is 13.3 Å². The van der Waals surface area contributed by atoms with E-state index in [1.807, 2.05) is 6.92 Å². The Balaban J connectivity index is 4.39. The van der Waals surface area contributed by atoms with Gasteiger partial charge in [0.2, 0.25) is 0 Å². The Kier molecular flexibility index (Phi) is 6.72. The number of hydrogen-bond donors (Lipinski definition) is 3. The molecule has 0 unspecified atom stereocenters. The van der Waals surface area contributed by atoms with Gasteiger partial charge in [0.15, 0.2) is 6.04 Å². The van der Waals surface area contributed by atoms with Crippen LogP contribution >= 0.6 is 0 Å². The number of rotatable bonds is 6. The van der Waals surface area contributed by atoms with Crippen LogP contribution in [0.4, 0.5) is 4.79 Å². The molecule has 0 aliphatic rings. The highest BCUT2D eigenvalue weighted by atomic mass is 16.4. The van der Waals surface area contributed by atoms with E-state index >= 15 is 0 Å². The summed E-state index contributed by atoms with van der Waals surface area (Å²) in [5, 5.41) is 19.5. The van der Waals surface area contributed by atoms with Gasteiger partial charge in [0.05, 0.1) is 13.2 Å². The molecule has 2 amide bonds. The van der Waals surface area contributed by atoms with Crippen LogP contribution in [0.15, 0.2) is 0 Å². The van der Waals surface area contributed by atoms with Crippen molar-refractivity contribution in [2.45, 2.75) is 19.4 Å². The van der Waals surface area contributed by atoms with E-state index in [9.17, 15) is 9.59 Å². The van der Waals surface area contributed by atoms with Crippen molar-refractivity contribution in [2.75, 3.05) is 19.7 Å². The fourth-order valence-corrected chi connectivity index (χ4v) is 1.06. The number of carboxylic acid groups (broad SMARTS) is 1. The molecule has 0 fully saturated rings. The molecule has 0 aromatic heterocycles. The lowest BCUT2D eigenvalue weighted by atomic mass is 10.3. The van der Waals surface area contributed by atoms with Gasteiger partial charge in [0.1, 0.15) is 0 Å². The third-order valence-electron chi connectivity index (χ3n) is 1.84. The average molecular weight is 228 g/mol. The molecule has 3 N–H and O–H groups in total. The molecular formula is C10H16N2O4. The molecule has 0 aliphatic carbocycles. The standard InChI is InChI=1S/C10H16N2O4/c1-3-5-12(6-4-2)10(16)11-8(7-13)9(14)15/h1,8,13H,4-7H2,2H3,(H,11,16)(H,14,15)/t8-/m1/s1. The number of nitrogens with zero attached hydrogens (tertiary/aromatic N) is 1. The minimum atomic E-state index is -1.30. The van der Waals surface area contributed by atoms with E-state index in [2.05, 4.69) is 11.2 Å². The fourth-order valence-electron chi connectivity index (χ4n) is 1.06. The first kappa shape index (κ1) is 14.3. The second-order valence-corrected chi connectivity index (χ2v) is 3.15. The van der Waals surface area contributed by atoms with Crippen LogP contribution in [0.5, 0.6) is 0 Å². The van der Waals surface area contributed by atoms with E-state index in [1.165, 1.54) is 4.90 Å². The van der Waals surface area contributed by atoms with Crippen LogP contribution in [0.3, 0.4) is 0 Å². The van der Waals surface area contributed by atoms with Crippen molar-refractivity contribution < 1.29 is 19.8 Å². The van der Waals surface area contributed by atoms with Crippen LogP contribution < -0.4 is 5.32 Å². The molecule has 6 heteroatoms. The van der Waals surface area contributed by atoms with E-state index in [1.54, 1.807) is 0 Å². The van der Waals surface area contributed by atoms with Crippen molar-refractivity contribution in [2.24, 2.45) is 0 Å². The summed E-state index contributed by atoms with van der Waals surface area (Å²) in [6.45, 7) is 1.76. The second-order valence-electron chi connectivity index (χ2n) is 3.15. The van der Waals surface area contributed by atoms with Gasteiger partial charge >= 0.3 is 12.0 Å². The Morgan fingerprint density at radius 1 is 1.56 bits per heavy atom. The Hall–Kier alpha value is -1.74. The van der Waals surface area contributed by atoms with Crippen LogP contribution in [-0.4, -0.2) is 52.9 Å². The molecule has 0 saturated heterocycles. The number of nitrogens with one attached hydrogen (secondary N) is 1. The van der Waals surface area contributed by atoms with Crippen LogP contribution in [0.2, 0.25) is 0 Å². The first-order chi connectivity index (χ1) is 7.56. The fraction of sp³-hybridized carbons (Fsp3) is 0.600. The van der Waals surface area contributed by atoms with E-state index in [-0.39, 0.29) is 6.54 Å². The molecule has 0 aliphatic heterocycles. The lowest BCUT2D eigenvalue weighted by Gasteiger charge is -2.22. The van der Waals surface area contributed by atoms with Gasteiger partial charge in [-0.25, -0.2) is 9.59 Å². The molecule has 0 heterocycles. The molecule has 0 radical (unpaired) electrons. The van der Waals surface area contributed by atoms with E-state index in [4.69, 9.17) is 16.6 Å². The largest absolute Gasteiger partial charge is 0.480 e. The zero-order chi connectivity index (χ0) is 12.6. The predicted octanol–water partition coefficient (Wildman–Crippen LogP) is -0.513. The molecule has 0 bridgehead atoms. The highest BCUT2D eigenvalue weighted by Gasteiger charge is 2.21. The zero-order valence-electron chi connectivity index (χ0n) is 9.14. The Bertz CT molecular complexity index is 285. The summed E-state index contributed by atoms with van der Waals surface area (Å²) < 4.78 is 0. The number of amides is 2. The smallest absolute Gasteiger partial charge is 0.328 e. The minimum absolute atomic E-state index is 0.109. The first-order valence-electron chi connectivity index (χ1n) is 4.89. The van der Waals surface area contributed by atoms with Gasteiger partial charge in [0, 0.05) is 6.54 Å². The summed E-state index contributed by atoms with van der Waals surface area (Å²) >= 11 is 0. The van der Waals surface area contributed by atoms with Crippen molar-refractivity contribution in [3.05, 3.63) is 0 Å². The molecule has 6 nitrogen and oxygen atoms in total. The molecule has 16 heavy (non-hydrogen) atoms. The average Bonchev–Trinajstić information content (AvgIpc) is 2.24. The second kappa shape index (κ2) is 7.54. The highest BCUT2D eigenvalue weighted by Crippen LogP contribution is 1.94. The lowest BCUT2D eigenvalue weighted by molar-refractivity contribution is -0.140. The molecule has 0 aromatic carbocycles. The van der Waals surface area contributed by atoms with Crippen molar-refractivity contribution >= 4 is 12.0 Å². The van der Waals surface area contributed by atoms with Gasteiger partial charge in [-0.2, -0.15) is 0 Å². The molecule has 0 rings (SSSR count). The van der Waals surface area contributed by atoms with Crippen molar-refractivity contribution in [3.63, 3.8) is 0 Å². The number of aliphatic hydroxyl groups is 1. The summed E-state index contributed by atoms with van der Waals surface area (Å²) in [6.07, 6.45) is 5.80. The highest BCUT2D eigenvalue weighted by molar-refractivity contribution is 5.82. The topological polar surface area (TPSA) is 89.9 Å². The summed E-state index contributed by atoms with van der Waals surface area (Å²) in [6, 6.07) is -1.88. The number of aliphatic carboxylic acids is 1. The molecule has 0 spiro atoms. The number of urea groups is 1. The Morgan fingerprint density at radius 3 is 2.56 bits per heavy atom. The van der Waals surface area contributed by atoms with Crippen LogP contribution in [0.25, 0.3) is 0 Å². The monoisotopic (exact) mass is 228 g/mol. The minimum Gasteiger partial charge on any atom is -0.480 e. The number of carbonyl (C=O) groups excluding carboxylic acids is 1. The number of terminal acetylenes is 1. The predicted molar refractivity (Wildman–Crippen MR) is 57.7 cm³/mol. The SMILES string of the molecule is C#CCN(CCC)C(=O)N[C@H](CO)C(=O)O. The van der Waals surface area contributed by atoms with Crippen molar-refractivity contribution in [3.8, 4) is 12.3 Å². The van der Waals surface area contributed by atoms with E-state index in [0.717, 1.165) is 0 Å². The third kappa shape index (κ3) is 4.66. The van der Waals surface area contributed by atoms with Crippen molar-refractivity contribution in [1.82, 2.24) is 10.2 Å². The number of carboxylic acids is 1. The molecular weight excluding hydrogens is 212 g/mol. The van der Waals surface area contributed by atoms with Gasteiger partial charge in [-0.15, -0.1) is 6.42 Å². The summed E-state index contributed by atoms with van der Waals surface area (Å²) in [7, 11) is 0. The number of hydrogen-bond acceptors (Lipinski definition) is 3. The van der Waals surface area contributed by atoms with E-state index < -0.39 is 24.6 Å². The Morgan fingerprint density at radius 2 is 2.19 bits per heavy atom. The maximum Gasteiger partial charge on any atom is 0.328 e. The summed E-state index contributed by atoms with van der Waals surface area (Å²) in [5.41, 5.74) is 0. The molecule has 0 saturated carbocycles. The zero-order valence-corrected chi connectivity index (χ0v) is 9.14. The van der Waals surface area contributed by atoms with Crippen LogP contribution in [0, 0.1) is 12.3 Å². The maximum absolute atomic E-state index is 11.5. The quantitative estimate of drug-likeness (QED) is 0.534. The lowest BCUT2D eigenvalue weighted by Crippen LogP contribution is -2.49. The normalized spacial score (nSPS) is 11.3. The van der Waals surface area contributed by atoms with Gasteiger partial charge in [0.25, 0.3) is 0 Å². The molecule has 0 aromatic rings. The summed E-state index contributed by atoms with van der Waals surface area (Å²) in [4.78, 5) is 23.4. The van der Waals surface area contributed by atoms with Crippen LogP contribution in [-0.2, 0) is 4.79 Å².